The average molecular weight is 466 g/mol. The van der Waals surface area contributed by atoms with E-state index < -0.39 is 6.10 Å². The fourth-order valence-corrected chi connectivity index (χ4v) is 4.97. The zero-order chi connectivity index (χ0) is 24.7. The van der Waals surface area contributed by atoms with E-state index in [1.165, 1.54) is 21.0 Å². The number of benzene rings is 3. The van der Waals surface area contributed by atoms with Crippen molar-refractivity contribution in [3.63, 3.8) is 0 Å². The van der Waals surface area contributed by atoms with E-state index in [2.05, 4.69) is 72.2 Å². The largest absolute Gasteiger partial charge is 0.389 e. The second-order valence-corrected chi connectivity index (χ2v) is 9.81. The van der Waals surface area contributed by atoms with Gasteiger partial charge in [0.05, 0.1) is 22.9 Å². The molecule has 178 valence electrons. The number of aromatic nitrogens is 3. The van der Waals surface area contributed by atoms with Gasteiger partial charge in [0.1, 0.15) is 0 Å². The molecule has 1 atom stereocenters. The lowest BCUT2D eigenvalue weighted by Gasteiger charge is -2.14. The van der Waals surface area contributed by atoms with Gasteiger partial charge in [-0.25, -0.2) is 4.68 Å². The van der Waals surface area contributed by atoms with Crippen molar-refractivity contribution in [3.05, 3.63) is 100 Å². The maximum Gasteiger partial charge on any atom is 0.276 e. The van der Waals surface area contributed by atoms with Gasteiger partial charge in [-0.05, 0) is 52.8 Å². The monoisotopic (exact) mass is 465 g/mol. The lowest BCUT2D eigenvalue weighted by atomic mass is 10.0. The van der Waals surface area contributed by atoms with Gasteiger partial charge in [0.15, 0.2) is 0 Å². The van der Waals surface area contributed by atoms with Gasteiger partial charge in [-0.15, -0.1) is 0 Å². The highest BCUT2D eigenvalue weighted by atomic mass is 16.3. The number of fused-ring (bicyclic) bond motifs is 2. The molecular weight excluding hydrogens is 434 g/mol. The third-order valence-electron chi connectivity index (χ3n) is 6.63. The fourth-order valence-electron chi connectivity index (χ4n) is 4.97. The summed E-state index contributed by atoms with van der Waals surface area (Å²) in [4.78, 5) is 13.5. The van der Waals surface area contributed by atoms with Crippen LogP contribution < -0.4 is 5.56 Å². The summed E-state index contributed by atoms with van der Waals surface area (Å²) < 4.78 is 3.64. The Labute approximate surface area is 205 Å². The van der Waals surface area contributed by atoms with Gasteiger partial charge in [-0.1, -0.05) is 74.5 Å². The predicted octanol–water partition coefficient (Wildman–Crippen LogP) is 5.86. The van der Waals surface area contributed by atoms with Gasteiger partial charge in [-0.3, -0.25) is 4.79 Å². The summed E-state index contributed by atoms with van der Waals surface area (Å²) in [5.74, 6) is 0.409. The Morgan fingerprint density at radius 3 is 2.46 bits per heavy atom. The van der Waals surface area contributed by atoms with E-state index in [1.54, 1.807) is 14.0 Å². The molecule has 0 amide bonds. The van der Waals surface area contributed by atoms with E-state index in [1.807, 2.05) is 24.3 Å². The van der Waals surface area contributed by atoms with Crippen molar-refractivity contribution < 1.29 is 5.11 Å². The first-order chi connectivity index (χ1) is 16.8. The Morgan fingerprint density at radius 2 is 1.69 bits per heavy atom. The Bertz CT molecular complexity index is 1590. The molecule has 0 saturated heterocycles. The zero-order valence-electron chi connectivity index (χ0n) is 20.7. The van der Waals surface area contributed by atoms with Gasteiger partial charge < -0.3 is 9.67 Å². The number of aliphatic hydroxyl groups excluding tert-OH is 1. The number of aryl methyl sites for hydroxylation is 1. The minimum atomic E-state index is -0.594. The molecule has 0 aliphatic carbocycles. The van der Waals surface area contributed by atoms with E-state index in [4.69, 9.17) is 0 Å². The van der Waals surface area contributed by atoms with Crippen molar-refractivity contribution >= 4 is 21.5 Å². The molecule has 1 unspecified atom stereocenters. The van der Waals surface area contributed by atoms with Gasteiger partial charge >= 0.3 is 0 Å². The van der Waals surface area contributed by atoms with E-state index in [0.29, 0.717) is 17.8 Å². The lowest BCUT2D eigenvalue weighted by Crippen LogP contribution is -2.22. The summed E-state index contributed by atoms with van der Waals surface area (Å²) in [5, 5.41) is 18.9. The molecule has 3 aromatic carbocycles. The Balaban J connectivity index is 1.81. The van der Waals surface area contributed by atoms with Crippen molar-refractivity contribution in [2.45, 2.75) is 39.8 Å². The summed E-state index contributed by atoms with van der Waals surface area (Å²) in [7, 11) is 1.73. The molecule has 5 nitrogen and oxygen atoms in total. The summed E-state index contributed by atoms with van der Waals surface area (Å²) in [6.45, 7) is 6.71. The lowest BCUT2D eigenvalue weighted by molar-refractivity contribution is 0.199. The van der Waals surface area contributed by atoms with Crippen LogP contribution in [0.1, 0.15) is 43.7 Å². The average Bonchev–Trinajstić information content (AvgIpc) is 3.22. The van der Waals surface area contributed by atoms with Gasteiger partial charge in [0.25, 0.3) is 5.56 Å². The van der Waals surface area contributed by atoms with Crippen molar-refractivity contribution in [2.75, 3.05) is 0 Å². The second-order valence-electron chi connectivity index (χ2n) is 9.81. The number of rotatable bonds is 6. The molecule has 0 fully saturated rings. The Hall–Kier alpha value is -3.70. The smallest absolute Gasteiger partial charge is 0.276 e. The SMILES string of the molecule is CC(C)Cc1nn(C)c(=O)c2c(-c3cccc(C(C)O)c3)n(Cc3cccc4ccccc34)cc12. The van der Waals surface area contributed by atoms with Crippen LogP contribution in [0.4, 0.5) is 0 Å². The zero-order valence-corrected chi connectivity index (χ0v) is 20.7. The normalized spacial score (nSPS) is 12.6. The maximum atomic E-state index is 13.5. The van der Waals surface area contributed by atoms with E-state index >= 15 is 0 Å². The molecule has 2 heterocycles. The molecule has 0 aliphatic heterocycles. The minimum Gasteiger partial charge on any atom is -0.389 e. The maximum absolute atomic E-state index is 13.5. The molecule has 1 N–H and O–H groups in total. The molecule has 0 bridgehead atoms. The van der Waals surface area contributed by atoms with Crippen LogP contribution in [0.5, 0.6) is 0 Å². The second kappa shape index (κ2) is 9.16. The van der Waals surface area contributed by atoms with Gasteiger partial charge in [0.2, 0.25) is 0 Å². The predicted molar refractivity (Wildman–Crippen MR) is 143 cm³/mol. The molecule has 5 heteroatoms. The standard InChI is InChI=1S/C30H31N3O2/c1-19(2)15-27-26-18-33(17-24-13-7-10-21-9-5-6-14-25(21)24)29(28(26)30(35)32(4)31-27)23-12-8-11-22(16-23)20(3)34/h5-14,16,18-20,34H,15,17H2,1-4H3. The van der Waals surface area contributed by atoms with Crippen LogP contribution in [-0.2, 0) is 20.0 Å². The summed E-state index contributed by atoms with van der Waals surface area (Å²) >= 11 is 0. The highest BCUT2D eigenvalue weighted by Crippen LogP contribution is 2.33. The number of hydrogen-bond acceptors (Lipinski definition) is 3. The quantitative estimate of drug-likeness (QED) is 0.342. The van der Waals surface area contributed by atoms with Crippen LogP contribution in [-0.4, -0.2) is 19.5 Å². The van der Waals surface area contributed by atoms with E-state index in [-0.39, 0.29) is 5.56 Å². The van der Waals surface area contributed by atoms with E-state index in [9.17, 15) is 9.90 Å². The molecule has 0 saturated carbocycles. The van der Waals surface area contributed by atoms with Gasteiger partial charge in [0, 0.05) is 25.2 Å². The van der Waals surface area contributed by atoms with Crippen molar-refractivity contribution in [1.82, 2.24) is 14.3 Å². The molecule has 0 radical (unpaired) electrons. The minimum absolute atomic E-state index is 0.110. The Kier molecular flexibility index (Phi) is 6.03. The highest BCUT2D eigenvalue weighted by molar-refractivity contribution is 5.97. The first-order valence-electron chi connectivity index (χ1n) is 12.2. The highest BCUT2D eigenvalue weighted by Gasteiger charge is 2.21. The van der Waals surface area contributed by atoms with Crippen LogP contribution in [0, 0.1) is 5.92 Å². The van der Waals surface area contributed by atoms with Crippen molar-refractivity contribution in [3.8, 4) is 11.3 Å². The first-order valence-corrected chi connectivity index (χ1v) is 12.2. The molecule has 5 aromatic rings. The Morgan fingerprint density at radius 1 is 0.943 bits per heavy atom. The molecule has 0 spiro atoms. The summed E-state index contributed by atoms with van der Waals surface area (Å²) in [6, 6.07) is 22.6. The molecule has 5 rings (SSSR count). The van der Waals surface area contributed by atoms with Crippen LogP contribution in [0.15, 0.2) is 77.7 Å². The van der Waals surface area contributed by atoms with Crippen LogP contribution in [0.3, 0.4) is 0 Å². The van der Waals surface area contributed by atoms with Crippen molar-refractivity contribution in [2.24, 2.45) is 13.0 Å². The number of hydrogen-bond donors (Lipinski definition) is 1. The number of nitrogens with zero attached hydrogens (tertiary/aromatic N) is 3. The topological polar surface area (TPSA) is 60.1 Å². The van der Waals surface area contributed by atoms with Crippen LogP contribution in [0.25, 0.3) is 32.8 Å². The van der Waals surface area contributed by atoms with Crippen LogP contribution in [0.2, 0.25) is 0 Å². The van der Waals surface area contributed by atoms with Crippen molar-refractivity contribution in [1.29, 1.82) is 0 Å². The molecule has 2 aromatic heterocycles. The molecule has 0 aliphatic rings. The number of aliphatic hydroxyl groups is 1. The summed E-state index contributed by atoms with van der Waals surface area (Å²) in [5.41, 5.74) is 4.61. The first kappa shape index (κ1) is 23.1. The van der Waals surface area contributed by atoms with Crippen LogP contribution >= 0.6 is 0 Å². The van der Waals surface area contributed by atoms with E-state index in [0.717, 1.165) is 34.3 Å². The third-order valence-corrected chi connectivity index (χ3v) is 6.63. The fraction of sp³-hybridized carbons (Fsp3) is 0.267. The molecular formula is C30H31N3O2. The molecule has 35 heavy (non-hydrogen) atoms. The summed E-state index contributed by atoms with van der Waals surface area (Å²) in [6.07, 6.45) is 2.28. The van der Waals surface area contributed by atoms with Gasteiger partial charge in [-0.2, -0.15) is 5.10 Å². The third kappa shape index (κ3) is 4.28.